The van der Waals surface area contributed by atoms with E-state index in [-0.39, 0.29) is 6.42 Å². The van der Waals surface area contributed by atoms with Gasteiger partial charge in [-0.25, -0.2) is 0 Å². The van der Waals surface area contributed by atoms with Crippen LogP contribution in [-0.2, 0) is 5.41 Å². The SMILES string of the molecule is CC(C)(CC(O)C(F)(F)F)c1ccccc1. The minimum atomic E-state index is -4.55. The van der Waals surface area contributed by atoms with Crippen molar-refractivity contribution in [3.05, 3.63) is 35.9 Å². The average molecular weight is 232 g/mol. The van der Waals surface area contributed by atoms with Crippen molar-refractivity contribution < 1.29 is 18.3 Å². The monoisotopic (exact) mass is 232 g/mol. The normalized spacial score (nSPS) is 14.9. The van der Waals surface area contributed by atoms with Crippen molar-refractivity contribution in [1.29, 1.82) is 0 Å². The van der Waals surface area contributed by atoms with Gasteiger partial charge >= 0.3 is 6.18 Å². The first-order valence-corrected chi connectivity index (χ1v) is 5.04. The Balaban J connectivity index is 2.80. The van der Waals surface area contributed by atoms with Crippen molar-refractivity contribution in [3.8, 4) is 0 Å². The molecule has 16 heavy (non-hydrogen) atoms. The van der Waals surface area contributed by atoms with E-state index in [0.717, 1.165) is 5.56 Å². The predicted molar refractivity (Wildman–Crippen MR) is 56.1 cm³/mol. The number of hydrogen-bond donors (Lipinski definition) is 1. The highest BCUT2D eigenvalue weighted by atomic mass is 19.4. The van der Waals surface area contributed by atoms with Crippen LogP contribution in [0.3, 0.4) is 0 Å². The molecule has 1 N–H and O–H groups in total. The topological polar surface area (TPSA) is 20.2 Å². The Hall–Kier alpha value is -1.03. The summed E-state index contributed by atoms with van der Waals surface area (Å²) in [5.41, 5.74) is 0.0919. The zero-order valence-electron chi connectivity index (χ0n) is 9.25. The lowest BCUT2D eigenvalue weighted by atomic mass is 9.79. The number of halogens is 3. The van der Waals surface area contributed by atoms with Crippen LogP contribution in [0.5, 0.6) is 0 Å². The lowest BCUT2D eigenvalue weighted by molar-refractivity contribution is -0.208. The molecule has 1 rings (SSSR count). The molecule has 1 aromatic carbocycles. The van der Waals surface area contributed by atoms with E-state index in [0.29, 0.717) is 0 Å². The number of alkyl halides is 3. The lowest BCUT2D eigenvalue weighted by Crippen LogP contribution is -2.35. The van der Waals surface area contributed by atoms with E-state index >= 15 is 0 Å². The molecular formula is C12H15F3O. The van der Waals surface area contributed by atoms with E-state index in [1.165, 1.54) is 0 Å². The number of rotatable bonds is 3. The fourth-order valence-electron chi connectivity index (χ4n) is 1.61. The van der Waals surface area contributed by atoms with Crippen molar-refractivity contribution in [3.63, 3.8) is 0 Å². The first-order valence-electron chi connectivity index (χ1n) is 5.04. The molecule has 0 aromatic heterocycles. The van der Waals surface area contributed by atoms with E-state index in [4.69, 9.17) is 5.11 Å². The minimum Gasteiger partial charge on any atom is -0.384 e. The highest BCUT2D eigenvalue weighted by Crippen LogP contribution is 2.33. The third-order valence-corrected chi connectivity index (χ3v) is 2.64. The van der Waals surface area contributed by atoms with Gasteiger partial charge in [-0.15, -0.1) is 0 Å². The third-order valence-electron chi connectivity index (χ3n) is 2.64. The van der Waals surface area contributed by atoms with Crippen LogP contribution in [0.15, 0.2) is 30.3 Å². The summed E-state index contributed by atoms with van der Waals surface area (Å²) in [5, 5.41) is 9.06. The quantitative estimate of drug-likeness (QED) is 0.847. The minimum absolute atomic E-state index is 0.333. The second-order valence-electron chi connectivity index (χ2n) is 4.51. The summed E-state index contributed by atoms with van der Waals surface area (Å²) in [4.78, 5) is 0. The fraction of sp³-hybridized carbons (Fsp3) is 0.500. The Bertz CT molecular complexity index is 330. The second kappa shape index (κ2) is 4.45. The molecule has 4 heteroatoms. The molecule has 0 aliphatic heterocycles. The molecule has 1 nitrogen and oxygen atoms in total. The van der Waals surface area contributed by atoms with Gasteiger partial charge in [0.2, 0.25) is 0 Å². The molecule has 1 unspecified atom stereocenters. The van der Waals surface area contributed by atoms with Crippen molar-refractivity contribution in [2.24, 2.45) is 0 Å². The maximum absolute atomic E-state index is 12.2. The van der Waals surface area contributed by atoms with E-state index in [1.807, 2.05) is 0 Å². The fourth-order valence-corrected chi connectivity index (χ4v) is 1.61. The van der Waals surface area contributed by atoms with Crippen molar-refractivity contribution in [1.82, 2.24) is 0 Å². The van der Waals surface area contributed by atoms with Crippen LogP contribution >= 0.6 is 0 Å². The van der Waals surface area contributed by atoms with Crippen LogP contribution in [0.2, 0.25) is 0 Å². The van der Waals surface area contributed by atoms with Crippen LogP contribution in [0.4, 0.5) is 13.2 Å². The summed E-state index contributed by atoms with van der Waals surface area (Å²) in [5.74, 6) is 0. The molecule has 0 radical (unpaired) electrons. The summed E-state index contributed by atoms with van der Waals surface area (Å²) in [6.07, 6.45) is -7.16. The maximum Gasteiger partial charge on any atom is 0.414 e. The molecule has 0 fully saturated rings. The molecule has 1 atom stereocenters. The summed E-state index contributed by atoms with van der Waals surface area (Å²) >= 11 is 0. The Morgan fingerprint density at radius 2 is 1.62 bits per heavy atom. The van der Waals surface area contributed by atoms with Crippen LogP contribution in [0, 0.1) is 0 Å². The number of aliphatic hydroxyl groups is 1. The molecule has 0 saturated carbocycles. The summed E-state index contributed by atoms with van der Waals surface area (Å²) in [6, 6.07) is 8.89. The molecule has 90 valence electrons. The predicted octanol–water partition coefficient (Wildman–Crippen LogP) is 3.28. The van der Waals surface area contributed by atoms with Crippen LogP contribution in [0.1, 0.15) is 25.8 Å². The van der Waals surface area contributed by atoms with Crippen LogP contribution < -0.4 is 0 Å². The molecule has 0 saturated heterocycles. The highest BCUT2D eigenvalue weighted by molar-refractivity contribution is 5.23. The first-order chi connectivity index (χ1) is 7.23. The molecule has 0 amide bonds. The number of hydrogen-bond acceptors (Lipinski definition) is 1. The standard InChI is InChI=1S/C12H15F3O/c1-11(2,8-10(16)12(13,14)15)9-6-4-3-5-7-9/h3-7,10,16H,8H2,1-2H3. The first kappa shape index (κ1) is 13.0. The van der Waals surface area contributed by atoms with E-state index in [9.17, 15) is 13.2 Å². The van der Waals surface area contributed by atoms with Gasteiger partial charge in [-0.1, -0.05) is 44.2 Å². The van der Waals surface area contributed by atoms with Gasteiger partial charge in [0.1, 0.15) is 0 Å². The molecule has 0 aliphatic carbocycles. The van der Waals surface area contributed by atoms with E-state index in [1.54, 1.807) is 44.2 Å². The van der Waals surface area contributed by atoms with Gasteiger partial charge in [0.05, 0.1) is 0 Å². The van der Waals surface area contributed by atoms with Gasteiger partial charge < -0.3 is 5.11 Å². The van der Waals surface area contributed by atoms with Crippen LogP contribution in [0.25, 0.3) is 0 Å². The zero-order valence-corrected chi connectivity index (χ0v) is 9.25. The smallest absolute Gasteiger partial charge is 0.384 e. The number of aliphatic hydroxyl groups excluding tert-OH is 1. The summed E-state index contributed by atoms with van der Waals surface area (Å²) < 4.78 is 36.7. The van der Waals surface area contributed by atoms with Crippen LogP contribution in [-0.4, -0.2) is 17.4 Å². The maximum atomic E-state index is 12.2. The van der Waals surface area contributed by atoms with Gasteiger partial charge in [-0.05, 0) is 17.4 Å². The van der Waals surface area contributed by atoms with Gasteiger partial charge in [0, 0.05) is 0 Å². The van der Waals surface area contributed by atoms with Gasteiger partial charge in [-0.3, -0.25) is 0 Å². The van der Waals surface area contributed by atoms with Crippen molar-refractivity contribution >= 4 is 0 Å². The highest BCUT2D eigenvalue weighted by Gasteiger charge is 2.41. The Morgan fingerprint density at radius 3 is 2.06 bits per heavy atom. The van der Waals surface area contributed by atoms with E-state index in [2.05, 4.69) is 0 Å². The van der Waals surface area contributed by atoms with E-state index < -0.39 is 17.7 Å². The molecule has 0 spiro atoms. The largest absolute Gasteiger partial charge is 0.414 e. The lowest BCUT2D eigenvalue weighted by Gasteiger charge is -2.28. The third kappa shape index (κ3) is 3.23. The number of benzene rings is 1. The zero-order chi connectivity index (χ0) is 12.4. The average Bonchev–Trinajstić information content (AvgIpc) is 2.17. The Labute approximate surface area is 92.9 Å². The molecule has 1 aromatic rings. The Morgan fingerprint density at radius 1 is 1.12 bits per heavy atom. The van der Waals surface area contributed by atoms with Gasteiger partial charge in [-0.2, -0.15) is 13.2 Å². The molecule has 0 aliphatic rings. The second-order valence-corrected chi connectivity index (χ2v) is 4.51. The van der Waals surface area contributed by atoms with Crippen molar-refractivity contribution in [2.45, 2.75) is 38.0 Å². The summed E-state index contributed by atoms with van der Waals surface area (Å²) in [6.45, 7) is 3.38. The molecular weight excluding hydrogens is 217 g/mol. The summed E-state index contributed by atoms with van der Waals surface area (Å²) in [7, 11) is 0. The van der Waals surface area contributed by atoms with Crippen molar-refractivity contribution in [2.75, 3.05) is 0 Å². The van der Waals surface area contributed by atoms with Gasteiger partial charge in [0.25, 0.3) is 0 Å². The molecule has 0 heterocycles. The Kier molecular flexibility index (Phi) is 3.63. The van der Waals surface area contributed by atoms with Gasteiger partial charge in [0.15, 0.2) is 6.10 Å². The molecule has 0 bridgehead atoms.